The number of carbonyl (C=O) groups excluding carboxylic acids is 1. The maximum Gasteiger partial charge on any atom is 0.241 e. The molecule has 1 unspecified atom stereocenters. The molecule has 0 aliphatic heterocycles. The Balaban J connectivity index is 2.98. The largest absolute Gasteiger partial charge is 0.368 e. The van der Waals surface area contributed by atoms with Crippen LogP contribution in [0.2, 0.25) is 0 Å². The Labute approximate surface area is 99.1 Å². The molecular weight excluding hydrogens is 242 g/mol. The Morgan fingerprint density at radius 3 is 2.35 bits per heavy atom. The minimum atomic E-state index is -3.79. The number of primary amides is 1. The molecule has 0 aromatic heterocycles. The highest BCUT2D eigenvalue weighted by Gasteiger charge is 2.19. The summed E-state index contributed by atoms with van der Waals surface area (Å²) in [6.07, 6.45) is 0. The zero-order chi connectivity index (χ0) is 13.1. The lowest BCUT2D eigenvalue weighted by Gasteiger charge is -2.10. The maximum atomic E-state index is 11.7. The van der Waals surface area contributed by atoms with Gasteiger partial charge < -0.3 is 5.73 Å². The number of hydrogen-bond acceptors (Lipinski definition) is 4. The van der Waals surface area contributed by atoms with Crippen molar-refractivity contribution in [3.8, 4) is 6.07 Å². The lowest BCUT2D eigenvalue weighted by Crippen LogP contribution is -2.42. The lowest BCUT2D eigenvalue weighted by molar-refractivity contribution is -0.119. The number of carbonyl (C=O) groups is 1. The Kier molecular flexibility index (Phi) is 3.83. The van der Waals surface area contributed by atoms with Crippen LogP contribution in [0.25, 0.3) is 0 Å². The van der Waals surface area contributed by atoms with Gasteiger partial charge in [-0.25, -0.2) is 8.42 Å². The van der Waals surface area contributed by atoms with Crippen molar-refractivity contribution >= 4 is 15.9 Å². The molecule has 17 heavy (non-hydrogen) atoms. The lowest BCUT2D eigenvalue weighted by atomic mass is 10.2. The molecule has 1 aromatic carbocycles. The minimum Gasteiger partial charge on any atom is -0.368 e. The number of benzene rings is 1. The van der Waals surface area contributed by atoms with E-state index in [4.69, 9.17) is 11.0 Å². The van der Waals surface area contributed by atoms with Gasteiger partial charge in [0.05, 0.1) is 22.6 Å². The Morgan fingerprint density at radius 2 is 1.94 bits per heavy atom. The van der Waals surface area contributed by atoms with Crippen LogP contribution in [0.1, 0.15) is 12.5 Å². The molecule has 0 saturated heterocycles. The number of nitrogens with zero attached hydrogens (tertiary/aromatic N) is 1. The van der Waals surface area contributed by atoms with Gasteiger partial charge in [0.15, 0.2) is 0 Å². The summed E-state index contributed by atoms with van der Waals surface area (Å²) in [5.74, 6) is -0.762. The fourth-order valence-electron chi connectivity index (χ4n) is 1.07. The van der Waals surface area contributed by atoms with E-state index >= 15 is 0 Å². The first-order valence-electron chi connectivity index (χ1n) is 4.68. The second-order valence-electron chi connectivity index (χ2n) is 3.38. The van der Waals surface area contributed by atoms with Crippen molar-refractivity contribution in [1.29, 1.82) is 5.26 Å². The van der Waals surface area contributed by atoms with Crippen molar-refractivity contribution in [2.45, 2.75) is 17.9 Å². The molecule has 0 fully saturated rings. The summed E-state index contributed by atoms with van der Waals surface area (Å²) in [7, 11) is -3.79. The molecule has 90 valence electrons. The van der Waals surface area contributed by atoms with Crippen LogP contribution in [-0.4, -0.2) is 20.4 Å². The highest BCUT2D eigenvalue weighted by molar-refractivity contribution is 7.89. The van der Waals surface area contributed by atoms with Gasteiger partial charge in [-0.05, 0) is 31.2 Å². The van der Waals surface area contributed by atoms with Crippen LogP contribution < -0.4 is 10.5 Å². The van der Waals surface area contributed by atoms with Crippen LogP contribution in [0.15, 0.2) is 29.2 Å². The first kappa shape index (κ1) is 13.2. The van der Waals surface area contributed by atoms with E-state index in [0.29, 0.717) is 5.56 Å². The number of nitriles is 1. The zero-order valence-electron chi connectivity index (χ0n) is 9.04. The van der Waals surface area contributed by atoms with Crippen molar-refractivity contribution in [2.24, 2.45) is 5.73 Å². The van der Waals surface area contributed by atoms with E-state index in [0.717, 1.165) is 0 Å². The molecule has 1 aromatic rings. The van der Waals surface area contributed by atoms with Gasteiger partial charge in [0, 0.05) is 0 Å². The predicted molar refractivity (Wildman–Crippen MR) is 60.1 cm³/mol. The van der Waals surface area contributed by atoms with Crippen LogP contribution in [-0.2, 0) is 14.8 Å². The topological polar surface area (TPSA) is 113 Å². The van der Waals surface area contributed by atoms with E-state index in [1.54, 1.807) is 0 Å². The number of sulfonamides is 1. The third-order valence-electron chi connectivity index (χ3n) is 2.05. The molecule has 0 spiro atoms. The van der Waals surface area contributed by atoms with E-state index in [-0.39, 0.29) is 4.90 Å². The molecule has 0 saturated carbocycles. The van der Waals surface area contributed by atoms with E-state index in [2.05, 4.69) is 4.72 Å². The van der Waals surface area contributed by atoms with Crippen molar-refractivity contribution in [1.82, 2.24) is 4.72 Å². The fourth-order valence-corrected chi connectivity index (χ4v) is 2.28. The molecule has 0 heterocycles. The van der Waals surface area contributed by atoms with E-state index < -0.39 is 22.0 Å². The van der Waals surface area contributed by atoms with Gasteiger partial charge in [-0.1, -0.05) is 0 Å². The first-order chi connectivity index (χ1) is 7.86. The average Bonchev–Trinajstić information content (AvgIpc) is 2.28. The third-order valence-corrected chi connectivity index (χ3v) is 3.61. The van der Waals surface area contributed by atoms with Crippen molar-refractivity contribution in [2.75, 3.05) is 0 Å². The molecule has 0 aliphatic carbocycles. The van der Waals surface area contributed by atoms with Gasteiger partial charge in [-0.3, -0.25) is 4.79 Å². The Bertz CT molecular complexity index is 557. The second-order valence-corrected chi connectivity index (χ2v) is 5.10. The summed E-state index contributed by atoms with van der Waals surface area (Å²) in [5.41, 5.74) is 5.31. The molecule has 0 bridgehead atoms. The molecule has 3 N–H and O–H groups in total. The van der Waals surface area contributed by atoms with Gasteiger partial charge >= 0.3 is 0 Å². The van der Waals surface area contributed by atoms with Crippen LogP contribution in [0.3, 0.4) is 0 Å². The molecule has 0 radical (unpaired) electrons. The number of hydrogen-bond donors (Lipinski definition) is 2. The molecule has 1 atom stereocenters. The summed E-state index contributed by atoms with van der Waals surface area (Å²) >= 11 is 0. The van der Waals surface area contributed by atoms with Gasteiger partial charge in [-0.2, -0.15) is 9.98 Å². The minimum absolute atomic E-state index is 0.0235. The second kappa shape index (κ2) is 4.95. The first-order valence-corrected chi connectivity index (χ1v) is 6.17. The molecule has 6 nitrogen and oxygen atoms in total. The van der Waals surface area contributed by atoms with Gasteiger partial charge in [0.1, 0.15) is 0 Å². The summed E-state index contributed by atoms with van der Waals surface area (Å²) in [4.78, 5) is 10.7. The summed E-state index contributed by atoms with van der Waals surface area (Å²) in [6.45, 7) is 1.35. The normalized spacial score (nSPS) is 12.7. The van der Waals surface area contributed by atoms with Crippen molar-refractivity contribution < 1.29 is 13.2 Å². The summed E-state index contributed by atoms with van der Waals surface area (Å²) in [5, 5.41) is 8.57. The number of nitrogens with two attached hydrogens (primary N) is 1. The van der Waals surface area contributed by atoms with Crippen LogP contribution in [0, 0.1) is 11.3 Å². The van der Waals surface area contributed by atoms with Gasteiger partial charge in [0.2, 0.25) is 15.9 Å². The Morgan fingerprint density at radius 1 is 1.41 bits per heavy atom. The van der Waals surface area contributed by atoms with E-state index in [1.165, 1.54) is 31.2 Å². The quantitative estimate of drug-likeness (QED) is 0.767. The van der Waals surface area contributed by atoms with E-state index in [1.807, 2.05) is 6.07 Å². The Hall–Kier alpha value is -1.91. The third kappa shape index (κ3) is 3.27. The maximum absolute atomic E-state index is 11.7. The van der Waals surface area contributed by atoms with Crippen LogP contribution in [0.4, 0.5) is 0 Å². The smallest absolute Gasteiger partial charge is 0.241 e. The van der Waals surface area contributed by atoms with Gasteiger partial charge in [-0.15, -0.1) is 0 Å². The summed E-state index contributed by atoms with van der Waals surface area (Å²) in [6, 6.07) is 6.21. The van der Waals surface area contributed by atoms with Crippen LogP contribution >= 0.6 is 0 Å². The van der Waals surface area contributed by atoms with Crippen LogP contribution in [0.5, 0.6) is 0 Å². The standard InChI is InChI=1S/C10H11N3O3S/c1-7(10(12)14)13-17(15,16)9-4-2-8(6-11)3-5-9/h2-5,7,13H,1H3,(H2,12,14). The highest BCUT2D eigenvalue weighted by atomic mass is 32.2. The molecule has 1 amide bonds. The van der Waals surface area contributed by atoms with Crippen molar-refractivity contribution in [3.63, 3.8) is 0 Å². The number of rotatable bonds is 4. The van der Waals surface area contributed by atoms with Crippen molar-refractivity contribution in [3.05, 3.63) is 29.8 Å². The fraction of sp³-hybridized carbons (Fsp3) is 0.200. The molecule has 1 rings (SSSR count). The average molecular weight is 253 g/mol. The SMILES string of the molecule is CC(NS(=O)(=O)c1ccc(C#N)cc1)C(N)=O. The molecular formula is C10H11N3O3S. The van der Waals surface area contributed by atoms with Gasteiger partial charge in [0.25, 0.3) is 0 Å². The summed E-state index contributed by atoms with van der Waals surface area (Å²) < 4.78 is 25.6. The highest BCUT2D eigenvalue weighted by Crippen LogP contribution is 2.10. The zero-order valence-corrected chi connectivity index (χ0v) is 9.86. The molecule has 0 aliphatic rings. The number of nitrogens with one attached hydrogen (secondary N) is 1. The monoisotopic (exact) mass is 253 g/mol. The van der Waals surface area contributed by atoms with E-state index in [9.17, 15) is 13.2 Å². The number of amides is 1. The molecule has 7 heteroatoms. The predicted octanol–water partition coefficient (Wildman–Crippen LogP) is -0.290.